The Labute approximate surface area is 145 Å². The fourth-order valence-corrected chi connectivity index (χ4v) is 4.00. The maximum Gasteiger partial charge on any atom is 0.338 e. The van der Waals surface area contributed by atoms with Crippen LogP contribution in [0.15, 0.2) is 17.0 Å². The second kappa shape index (κ2) is 6.63. The second-order valence-corrected chi connectivity index (χ2v) is 6.91. The number of ether oxygens (including phenoxy) is 2. The molecule has 2 rings (SSSR count). The molecule has 10 heteroatoms. The number of carbonyl (C=O) groups is 1. The molecule has 0 unspecified atom stereocenters. The van der Waals surface area contributed by atoms with Gasteiger partial charge in [0.2, 0.25) is 0 Å². The number of hydrogen-bond acceptors (Lipinski definition) is 6. The van der Waals surface area contributed by atoms with E-state index in [2.05, 4.69) is 9.82 Å². The highest BCUT2D eigenvalue weighted by Crippen LogP contribution is 2.35. The molecule has 136 valence electrons. The third-order valence-electron chi connectivity index (χ3n) is 3.71. The minimum atomic E-state index is -4.08. The zero-order valence-electron chi connectivity index (χ0n) is 14.4. The van der Waals surface area contributed by atoms with Crippen molar-refractivity contribution in [3.8, 4) is 11.5 Å². The Morgan fingerprint density at radius 2 is 1.88 bits per heavy atom. The Morgan fingerprint density at radius 1 is 1.24 bits per heavy atom. The number of benzene rings is 1. The van der Waals surface area contributed by atoms with Crippen LogP contribution in [0.25, 0.3) is 0 Å². The van der Waals surface area contributed by atoms with E-state index in [9.17, 15) is 18.3 Å². The van der Waals surface area contributed by atoms with E-state index in [0.29, 0.717) is 11.4 Å². The minimum Gasteiger partial charge on any atom is -0.497 e. The average molecular weight is 369 g/mol. The number of aromatic carboxylic acids is 1. The highest BCUT2D eigenvalue weighted by Gasteiger charge is 2.28. The number of aryl methyl sites for hydroxylation is 2. The van der Waals surface area contributed by atoms with Crippen LogP contribution >= 0.6 is 0 Å². The predicted molar refractivity (Wildman–Crippen MR) is 90.0 cm³/mol. The number of hydrogen-bond donors (Lipinski definition) is 2. The minimum absolute atomic E-state index is 0.00999. The molecule has 0 saturated heterocycles. The molecule has 0 aliphatic rings. The number of anilines is 1. The van der Waals surface area contributed by atoms with Crippen LogP contribution < -0.4 is 14.2 Å². The number of nitrogens with one attached hydrogen (secondary N) is 1. The highest BCUT2D eigenvalue weighted by molar-refractivity contribution is 7.92. The van der Waals surface area contributed by atoms with E-state index in [1.165, 1.54) is 31.0 Å². The SMILES string of the molecule is COc1cc(OC)c(NS(=O)(=O)c2c(C)nn(C)c2C)c(C(=O)O)c1. The molecule has 1 aromatic carbocycles. The number of nitrogens with zero attached hydrogens (tertiary/aromatic N) is 2. The van der Waals surface area contributed by atoms with Gasteiger partial charge < -0.3 is 14.6 Å². The standard InChI is InChI=1S/C15H19N3O6S/c1-8-14(9(2)18(3)16-8)25(21,22)17-13-11(15(19)20)6-10(23-4)7-12(13)24-5/h6-7,17H,1-5H3,(H,19,20). The third-order valence-corrected chi connectivity index (χ3v) is 5.31. The summed E-state index contributed by atoms with van der Waals surface area (Å²) in [5.74, 6) is -1.07. The van der Waals surface area contributed by atoms with Crippen LogP contribution in [0.5, 0.6) is 11.5 Å². The number of aromatic nitrogens is 2. The Morgan fingerprint density at radius 3 is 2.32 bits per heavy atom. The number of rotatable bonds is 6. The van der Waals surface area contributed by atoms with Gasteiger partial charge in [-0.3, -0.25) is 9.40 Å². The summed E-state index contributed by atoms with van der Waals surface area (Å²) in [6.07, 6.45) is 0. The van der Waals surface area contributed by atoms with Crippen LogP contribution in [0.2, 0.25) is 0 Å². The first-order chi connectivity index (χ1) is 11.6. The summed E-state index contributed by atoms with van der Waals surface area (Å²) < 4.78 is 39.5. The van der Waals surface area contributed by atoms with E-state index >= 15 is 0 Å². The maximum atomic E-state index is 12.8. The molecule has 0 saturated carbocycles. The van der Waals surface area contributed by atoms with Crippen molar-refractivity contribution in [2.45, 2.75) is 18.7 Å². The lowest BCUT2D eigenvalue weighted by Gasteiger charge is -2.16. The Bertz CT molecular complexity index is 933. The van der Waals surface area contributed by atoms with E-state index in [0.717, 1.165) is 0 Å². The lowest BCUT2D eigenvalue weighted by molar-refractivity contribution is 0.0697. The van der Waals surface area contributed by atoms with Gasteiger partial charge in [-0.1, -0.05) is 0 Å². The summed E-state index contributed by atoms with van der Waals surface area (Å²) in [4.78, 5) is 11.5. The molecule has 9 nitrogen and oxygen atoms in total. The molecule has 0 aliphatic heterocycles. The van der Waals surface area contributed by atoms with Crippen molar-refractivity contribution in [2.24, 2.45) is 7.05 Å². The van der Waals surface area contributed by atoms with Crippen LogP contribution in [-0.4, -0.2) is 43.5 Å². The van der Waals surface area contributed by atoms with Crippen molar-refractivity contribution in [2.75, 3.05) is 18.9 Å². The van der Waals surface area contributed by atoms with Gasteiger partial charge in [0.1, 0.15) is 22.1 Å². The van der Waals surface area contributed by atoms with Crippen molar-refractivity contribution >= 4 is 21.7 Å². The summed E-state index contributed by atoms with van der Waals surface area (Å²) in [6.45, 7) is 3.17. The fourth-order valence-electron chi connectivity index (χ4n) is 2.47. The first-order valence-corrected chi connectivity index (χ1v) is 8.63. The topological polar surface area (TPSA) is 120 Å². The van der Waals surface area contributed by atoms with Crippen LogP contribution in [0.3, 0.4) is 0 Å². The van der Waals surface area contributed by atoms with E-state index in [1.807, 2.05) is 0 Å². The van der Waals surface area contributed by atoms with E-state index in [-0.39, 0.29) is 27.6 Å². The molecule has 1 heterocycles. The van der Waals surface area contributed by atoms with Gasteiger partial charge in [-0.2, -0.15) is 5.10 Å². The molecule has 2 aromatic rings. The zero-order valence-corrected chi connectivity index (χ0v) is 15.3. The van der Waals surface area contributed by atoms with Crippen LogP contribution in [-0.2, 0) is 17.1 Å². The van der Waals surface area contributed by atoms with Crippen molar-refractivity contribution in [3.63, 3.8) is 0 Å². The molecule has 25 heavy (non-hydrogen) atoms. The van der Waals surface area contributed by atoms with Gasteiger partial charge in [0, 0.05) is 13.1 Å². The first kappa shape index (κ1) is 18.6. The van der Waals surface area contributed by atoms with Gasteiger partial charge in [-0.25, -0.2) is 13.2 Å². The third kappa shape index (κ3) is 3.38. The largest absolute Gasteiger partial charge is 0.497 e. The highest BCUT2D eigenvalue weighted by atomic mass is 32.2. The normalized spacial score (nSPS) is 11.2. The van der Waals surface area contributed by atoms with E-state index in [4.69, 9.17) is 9.47 Å². The molecular formula is C15H19N3O6S. The summed E-state index contributed by atoms with van der Waals surface area (Å²) >= 11 is 0. The molecule has 0 atom stereocenters. The molecule has 1 aromatic heterocycles. The molecular weight excluding hydrogens is 350 g/mol. The summed E-state index contributed by atoms with van der Waals surface area (Å²) in [5, 5.41) is 13.5. The lowest BCUT2D eigenvalue weighted by Crippen LogP contribution is -2.18. The van der Waals surface area contributed by atoms with Gasteiger partial charge >= 0.3 is 5.97 Å². The predicted octanol–water partition coefficient (Wildman–Crippen LogP) is 1.55. The molecule has 2 N–H and O–H groups in total. The van der Waals surface area contributed by atoms with E-state index in [1.54, 1.807) is 20.9 Å². The van der Waals surface area contributed by atoms with Crippen molar-refractivity contribution in [3.05, 3.63) is 29.1 Å². The number of sulfonamides is 1. The van der Waals surface area contributed by atoms with Gasteiger partial charge in [-0.05, 0) is 19.9 Å². The average Bonchev–Trinajstić information content (AvgIpc) is 2.79. The Balaban J connectivity index is 2.64. The zero-order chi connectivity index (χ0) is 18.9. The lowest BCUT2D eigenvalue weighted by atomic mass is 10.1. The monoisotopic (exact) mass is 369 g/mol. The molecule has 0 radical (unpaired) electrons. The second-order valence-electron chi connectivity index (χ2n) is 5.29. The molecule has 0 fully saturated rings. The van der Waals surface area contributed by atoms with Gasteiger partial charge in [0.15, 0.2) is 0 Å². The van der Waals surface area contributed by atoms with Gasteiger partial charge in [0.25, 0.3) is 10.0 Å². The summed E-state index contributed by atoms with van der Waals surface area (Å²) in [7, 11) is 0.216. The van der Waals surface area contributed by atoms with Gasteiger partial charge in [0.05, 0.1) is 31.2 Å². The molecule has 0 aliphatic carbocycles. The summed E-state index contributed by atoms with van der Waals surface area (Å²) in [5.41, 5.74) is 0.253. The molecule has 0 amide bonds. The maximum absolute atomic E-state index is 12.8. The van der Waals surface area contributed by atoms with Crippen LogP contribution in [0, 0.1) is 13.8 Å². The van der Waals surface area contributed by atoms with Gasteiger partial charge in [-0.15, -0.1) is 0 Å². The summed E-state index contributed by atoms with van der Waals surface area (Å²) in [6, 6.07) is 2.61. The quantitative estimate of drug-likeness (QED) is 0.793. The smallest absolute Gasteiger partial charge is 0.338 e. The van der Waals surface area contributed by atoms with Crippen molar-refractivity contribution < 1.29 is 27.8 Å². The number of carboxylic acids is 1. The van der Waals surface area contributed by atoms with Crippen LogP contribution in [0.4, 0.5) is 5.69 Å². The molecule has 0 bridgehead atoms. The first-order valence-electron chi connectivity index (χ1n) is 7.14. The molecule has 0 spiro atoms. The number of methoxy groups -OCH3 is 2. The Kier molecular flexibility index (Phi) is 4.93. The number of carboxylic acid groups (broad SMARTS) is 1. The van der Waals surface area contributed by atoms with Crippen molar-refractivity contribution in [1.82, 2.24) is 9.78 Å². The van der Waals surface area contributed by atoms with Crippen LogP contribution in [0.1, 0.15) is 21.7 Å². The Hall–Kier alpha value is -2.75. The fraction of sp³-hybridized carbons (Fsp3) is 0.333. The van der Waals surface area contributed by atoms with Crippen molar-refractivity contribution in [1.29, 1.82) is 0 Å². The van der Waals surface area contributed by atoms with E-state index < -0.39 is 16.0 Å².